The summed E-state index contributed by atoms with van der Waals surface area (Å²) in [6.07, 6.45) is 3.89. The lowest BCUT2D eigenvalue weighted by molar-refractivity contribution is -0.143. The Balaban J connectivity index is 2.31. The van der Waals surface area contributed by atoms with Crippen molar-refractivity contribution in [2.45, 2.75) is 128 Å². The third-order valence-electron chi connectivity index (χ3n) is 8.87. The number of aliphatic carboxylic acids is 2. The van der Waals surface area contributed by atoms with E-state index in [1.54, 1.807) is 30.3 Å². The standard InChI is InChI=1S/C36H54N6O10/c1-21(2)14-15-26(33(48)42-29(36(51)52)19-24-12-8-5-9-13-24)39-35(50)28(20-31(45)46)41-34(49)27(18-23-10-6-4-7-11-23)40-32(47)25(38-22(3)43)16-17-30(37)44/h5,8-9,12-13,21,23,25-29H,4,6-7,10-11,14-20H2,1-3H3,(H2,37,44)(H,38,43)(H,39,50)(H,40,47)(H,41,49)(H,42,48)(H,45,46)(H,51,52)/t25-,26-,27-,28-,29-/m0/s1. The molecule has 9 N–H and O–H groups in total. The number of hydrogen-bond acceptors (Lipinski definition) is 8. The fourth-order valence-corrected chi connectivity index (χ4v) is 6.08. The molecule has 5 atom stereocenters. The zero-order valence-corrected chi connectivity index (χ0v) is 30.2. The van der Waals surface area contributed by atoms with Gasteiger partial charge in [0, 0.05) is 19.8 Å². The number of hydrogen-bond donors (Lipinski definition) is 8. The third kappa shape index (κ3) is 16.3. The number of carboxylic acid groups (broad SMARTS) is 2. The molecule has 2 rings (SSSR count). The molecule has 16 nitrogen and oxygen atoms in total. The van der Waals surface area contributed by atoms with Crippen LogP contribution in [-0.4, -0.2) is 87.8 Å². The van der Waals surface area contributed by atoms with E-state index in [-0.39, 0.29) is 43.9 Å². The Morgan fingerprint density at radius 3 is 1.75 bits per heavy atom. The van der Waals surface area contributed by atoms with Crippen molar-refractivity contribution < 1.29 is 48.6 Å². The van der Waals surface area contributed by atoms with Crippen LogP contribution in [0.3, 0.4) is 0 Å². The molecule has 1 aromatic carbocycles. The molecule has 0 aliphatic heterocycles. The molecule has 1 aromatic rings. The molecule has 288 valence electrons. The summed E-state index contributed by atoms with van der Waals surface area (Å²) >= 11 is 0. The number of benzene rings is 1. The van der Waals surface area contributed by atoms with Gasteiger partial charge in [-0.2, -0.15) is 0 Å². The molecule has 1 saturated carbocycles. The number of amides is 6. The number of carboxylic acids is 2. The van der Waals surface area contributed by atoms with Crippen LogP contribution >= 0.6 is 0 Å². The zero-order valence-electron chi connectivity index (χ0n) is 30.2. The summed E-state index contributed by atoms with van der Waals surface area (Å²) in [4.78, 5) is 101. The first-order valence-corrected chi connectivity index (χ1v) is 17.8. The fourth-order valence-electron chi connectivity index (χ4n) is 6.08. The Hall–Kier alpha value is -5.02. The lowest BCUT2D eigenvalue weighted by atomic mass is 9.84. The average Bonchev–Trinajstić information content (AvgIpc) is 3.07. The Labute approximate surface area is 303 Å². The molecule has 0 bridgehead atoms. The summed E-state index contributed by atoms with van der Waals surface area (Å²) in [7, 11) is 0. The van der Waals surface area contributed by atoms with Crippen LogP contribution in [-0.2, 0) is 44.8 Å². The molecule has 0 aromatic heterocycles. The van der Waals surface area contributed by atoms with E-state index < -0.39 is 84.0 Å². The van der Waals surface area contributed by atoms with Crippen LogP contribution in [0.1, 0.15) is 97.0 Å². The van der Waals surface area contributed by atoms with E-state index in [2.05, 4.69) is 26.6 Å². The highest BCUT2D eigenvalue weighted by molar-refractivity contribution is 5.97. The van der Waals surface area contributed by atoms with Crippen LogP contribution in [0.2, 0.25) is 0 Å². The third-order valence-corrected chi connectivity index (χ3v) is 8.87. The first-order valence-electron chi connectivity index (χ1n) is 17.8. The van der Waals surface area contributed by atoms with Gasteiger partial charge in [-0.05, 0) is 43.1 Å². The van der Waals surface area contributed by atoms with E-state index in [0.717, 1.165) is 32.1 Å². The Kier molecular flexibility index (Phi) is 18.3. The molecule has 16 heteroatoms. The van der Waals surface area contributed by atoms with E-state index in [1.165, 1.54) is 6.92 Å². The summed E-state index contributed by atoms with van der Waals surface area (Å²) < 4.78 is 0. The van der Waals surface area contributed by atoms with E-state index >= 15 is 0 Å². The summed E-state index contributed by atoms with van der Waals surface area (Å²) in [5, 5.41) is 32.0. The predicted octanol–water partition coefficient (Wildman–Crippen LogP) is 0.904. The number of primary amides is 1. The van der Waals surface area contributed by atoms with Gasteiger partial charge in [0.2, 0.25) is 35.4 Å². The Morgan fingerprint density at radius 1 is 0.692 bits per heavy atom. The lowest BCUT2D eigenvalue weighted by Crippen LogP contribution is -2.59. The van der Waals surface area contributed by atoms with Crippen molar-refractivity contribution in [3.63, 3.8) is 0 Å². The second kappa shape index (κ2) is 22.0. The first-order chi connectivity index (χ1) is 24.5. The zero-order chi connectivity index (χ0) is 38.8. The molecule has 1 aliphatic carbocycles. The van der Waals surface area contributed by atoms with Gasteiger partial charge in [-0.3, -0.25) is 33.6 Å². The van der Waals surface area contributed by atoms with Gasteiger partial charge in [0.25, 0.3) is 0 Å². The van der Waals surface area contributed by atoms with Crippen LogP contribution in [0.4, 0.5) is 0 Å². The SMILES string of the molecule is CC(=O)N[C@@H](CCC(N)=O)C(=O)N[C@@H](CC1CCCCC1)C(=O)N[C@@H](CC(=O)O)C(=O)N[C@@H](CCC(C)C)C(=O)N[C@@H](Cc1ccccc1)C(=O)O. The quantitative estimate of drug-likeness (QED) is 0.0836. The van der Waals surface area contributed by atoms with Crippen LogP contribution in [0, 0.1) is 11.8 Å². The molecule has 0 spiro atoms. The Morgan fingerprint density at radius 2 is 1.21 bits per heavy atom. The maximum absolute atomic E-state index is 13.8. The highest BCUT2D eigenvalue weighted by Gasteiger charge is 2.34. The van der Waals surface area contributed by atoms with E-state index in [4.69, 9.17) is 5.73 Å². The maximum Gasteiger partial charge on any atom is 0.326 e. The van der Waals surface area contributed by atoms with Crippen molar-refractivity contribution in [3.05, 3.63) is 35.9 Å². The summed E-state index contributed by atoms with van der Waals surface area (Å²) in [5.74, 6) is -7.24. The van der Waals surface area contributed by atoms with Gasteiger partial charge in [-0.25, -0.2) is 4.79 Å². The molecule has 0 heterocycles. The van der Waals surface area contributed by atoms with E-state index in [9.17, 15) is 48.6 Å². The lowest BCUT2D eigenvalue weighted by Gasteiger charge is -2.29. The highest BCUT2D eigenvalue weighted by atomic mass is 16.4. The molecular formula is C36H54N6O10. The van der Waals surface area contributed by atoms with E-state index in [0.29, 0.717) is 12.0 Å². The minimum absolute atomic E-state index is 0.0239. The van der Waals surface area contributed by atoms with Gasteiger partial charge in [0.15, 0.2) is 0 Å². The smallest absolute Gasteiger partial charge is 0.326 e. The van der Waals surface area contributed by atoms with Gasteiger partial charge in [0.05, 0.1) is 6.42 Å². The number of carbonyl (C=O) groups is 8. The minimum atomic E-state index is -1.68. The maximum atomic E-state index is 13.8. The molecule has 52 heavy (non-hydrogen) atoms. The van der Waals surface area contributed by atoms with Crippen molar-refractivity contribution >= 4 is 47.4 Å². The normalized spacial score (nSPS) is 15.9. The Bertz CT molecular complexity index is 1400. The highest BCUT2D eigenvalue weighted by Crippen LogP contribution is 2.27. The van der Waals surface area contributed by atoms with Crippen molar-refractivity contribution in [2.75, 3.05) is 0 Å². The predicted molar refractivity (Wildman–Crippen MR) is 189 cm³/mol. The van der Waals surface area contributed by atoms with Crippen LogP contribution in [0.5, 0.6) is 0 Å². The number of nitrogens with two attached hydrogens (primary N) is 1. The van der Waals surface area contributed by atoms with Gasteiger partial charge in [0.1, 0.15) is 30.2 Å². The molecule has 1 aliphatic rings. The summed E-state index contributed by atoms with van der Waals surface area (Å²) in [6.45, 7) is 4.97. The van der Waals surface area contributed by atoms with Crippen molar-refractivity contribution in [3.8, 4) is 0 Å². The number of rotatable bonds is 22. The van der Waals surface area contributed by atoms with Gasteiger partial charge in [-0.15, -0.1) is 0 Å². The fraction of sp³-hybridized carbons (Fsp3) is 0.611. The summed E-state index contributed by atoms with van der Waals surface area (Å²) in [5.41, 5.74) is 5.90. The molecule has 0 saturated heterocycles. The van der Waals surface area contributed by atoms with Gasteiger partial charge >= 0.3 is 11.9 Å². The molecule has 1 fully saturated rings. The van der Waals surface area contributed by atoms with Crippen molar-refractivity contribution in [2.24, 2.45) is 17.6 Å². The molecule has 0 unspecified atom stereocenters. The van der Waals surface area contributed by atoms with Crippen LogP contribution in [0.25, 0.3) is 0 Å². The van der Waals surface area contributed by atoms with Crippen molar-refractivity contribution in [1.82, 2.24) is 26.6 Å². The molecular weight excluding hydrogens is 676 g/mol. The van der Waals surface area contributed by atoms with E-state index in [1.807, 2.05) is 13.8 Å². The monoisotopic (exact) mass is 730 g/mol. The van der Waals surface area contributed by atoms with Gasteiger partial charge in [-0.1, -0.05) is 76.3 Å². The number of carbonyl (C=O) groups excluding carboxylic acids is 6. The van der Waals surface area contributed by atoms with Crippen LogP contribution < -0.4 is 32.3 Å². The minimum Gasteiger partial charge on any atom is -0.481 e. The second-order valence-electron chi connectivity index (χ2n) is 13.8. The molecule has 0 radical (unpaired) electrons. The van der Waals surface area contributed by atoms with Gasteiger partial charge < -0.3 is 42.5 Å². The summed E-state index contributed by atoms with van der Waals surface area (Å²) in [6, 6.07) is 1.96. The van der Waals surface area contributed by atoms with Crippen LogP contribution in [0.15, 0.2) is 30.3 Å². The molecule has 6 amide bonds. The number of nitrogens with one attached hydrogen (secondary N) is 5. The second-order valence-corrected chi connectivity index (χ2v) is 13.8. The van der Waals surface area contributed by atoms with Crippen molar-refractivity contribution in [1.29, 1.82) is 0 Å². The first kappa shape index (κ1) is 43.1. The average molecular weight is 731 g/mol. The topological polar surface area (TPSA) is 263 Å². The largest absolute Gasteiger partial charge is 0.481 e.